The fraction of sp³-hybridized carbons (Fsp3) is 0.500. The van der Waals surface area contributed by atoms with Crippen molar-refractivity contribution >= 4 is 17.8 Å². The van der Waals surface area contributed by atoms with Gasteiger partial charge in [-0.15, -0.1) is 0 Å². The molecule has 0 saturated carbocycles. The van der Waals surface area contributed by atoms with Crippen LogP contribution in [-0.4, -0.2) is 57.0 Å². The van der Waals surface area contributed by atoms with Crippen molar-refractivity contribution in [3.05, 3.63) is 18.2 Å². The van der Waals surface area contributed by atoms with E-state index in [9.17, 15) is 14.4 Å². The van der Waals surface area contributed by atoms with E-state index < -0.39 is 5.97 Å². The zero-order valence-electron chi connectivity index (χ0n) is 10.9. The summed E-state index contributed by atoms with van der Waals surface area (Å²) in [6, 6.07) is 0. The topological polar surface area (TPSA) is 105 Å². The number of hydrogen-bond donors (Lipinski definition) is 2. The average molecular weight is 280 g/mol. The van der Waals surface area contributed by atoms with Crippen LogP contribution in [0.25, 0.3) is 0 Å². The van der Waals surface area contributed by atoms with Gasteiger partial charge in [0.05, 0.1) is 12.9 Å². The summed E-state index contributed by atoms with van der Waals surface area (Å²) < 4.78 is 1.59. The van der Waals surface area contributed by atoms with E-state index in [0.29, 0.717) is 26.1 Å². The molecule has 0 unspecified atom stereocenters. The number of carbonyl (C=O) groups is 3. The minimum atomic E-state index is -1.08. The monoisotopic (exact) mass is 280 g/mol. The Morgan fingerprint density at radius 3 is 2.85 bits per heavy atom. The molecule has 2 rings (SSSR count). The van der Waals surface area contributed by atoms with Gasteiger partial charge in [0.25, 0.3) is 0 Å². The highest BCUT2D eigenvalue weighted by molar-refractivity contribution is 5.86. The standard InChI is InChI=1S/C12H16N4O4/c17-10(7-16-4-1-2-11(16)18)13-3-5-15-6-9(12(19)20)14-8-15/h6,8H,1-5,7H2,(H,13,17)(H,19,20). The molecule has 0 spiro atoms. The maximum atomic E-state index is 11.6. The van der Waals surface area contributed by atoms with Gasteiger partial charge in [0, 0.05) is 32.3 Å². The van der Waals surface area contributed by atoms with Crippen LogP contribution in [0, 0.1) is 0 Å². The molecule has 2 N–H and O–H groups in total. The van der Waals surface area contributed by atoms with E-state index in [1.165, 1.54) is 17.4 Å². The Hall–Kier alpha value is -2.38. The van der Waals surface area contributed by atoms with E-state index in [0.717, 1.165) is 6.42 Å². The predicted octanol–water partition coefficient (Wildman–Crippen LogP) is -0.680. The molecule has 1 aliphatic heterocycles. The van der Waals surface area contributed by atoms with Crippen LogP contribution in [0.15, 0.2) is 12.5 Å². The second-order valence-electron chi connectivity index (χ2n) is 4.57. The summed E-state index contributed by atoms with van der Waals surface area (Å²) in [5.41, 5.74) is -0.0287. The molecule has 20 heavy (non-hydrogen) atoms. The number of hydrogen-bond acceptors (Lipinski definition) is 4. The van der Waals surface area contributed by atoms with Gasteiger partial charge in [-0.2, -0.15) is 0 Å². The first-order valence-corrected chi connectivity index (χ1v) is 6.36. The molecule has 2 heterocycles. The Bertz CT molecular complexity index is 525. The van der Waals surface area contributed by atoms with Crippen molar-refractivity contribution in [1.82, 2.24) is 19.8 Å². The van der Waals surface area contributed by atoms with E-state index in [-0.39, 0.29) is 24.1 Å². The van der Waals surface area contributed by atoms with Crippen molar-refractivity contribution in [2.45, 2.75) is 19.4 Å². The maximum absolute atomic E-state index is 11.6. The molecular weight excluding hydrogens is 264 g/mol. The molecule has 108 valence electrons. The number of carboxylic acid groups (broad SMARTS) is 1. The van der Waals surface area contributed by atoms with Crippen LogP contribution >= 0.6 is 0 Å². The molecular formula is C12H16N4O4. The Morgan fingerprint density at radius 1 is 1.45 bits per heavy atom. The summed E-state index contributed by atoms with van der Waals surface area (Å²) in [4.78, 5) is 38.9. The summed E-state index contributed by atoms with van der Waals surface area (Å²) in [5.74, 6) is -1.28. The number of aromatic carboxylic acids is 1. The number of amides is 2. The minimum absolute atomic E-state index is 0.0147. The van der Waals surface area contributed by atoms with Crippen molar-refractivity contribution in [2.24, 2.45) is 0 Å². The second kappa shape index (κ2) is 6.18. The summed E-state index contributed by atoms with van der Waals surface area (Å²) >= 11 is 0. The third kappa shape index (κ3) is 3.56. The summed E-state index contributed by atoms with van der Waals surface area (Å²) in [7, 11) is 0. The maximum Gasteiger partial charge on any atom is 0.356 e. The van der Waals surface area contributed by atoms with Crippen LogP contribution in [0.3, 0.4) is 0 Å². The zero-order chi connectivity index (χ0) is 14.5. The molecule has 1 fully saturated rings. The zero-order valence-corrected chi connectivity index (χ0v) is 10.9. The minimum Gasteiger partial charge on any atom is -0.476 e. The number of nitrogens with zero attached hydrogens (tertiary/aromatic N) is 3. The third-order valence-electron chi connectivity index (χ3n) is 3.05. The number of carbonyl (C=O) groups excluding carboxylic acids is 2. The Morgan fingerprint density at radius 2 is 2.25 bits per heavy atom. The van der Waals surface area contributed by atoms with Crippen LogP contribution in [0.1, 0.15) is 23.3 Å². The summed E-state index contributed by atoms with van der Waals surface area (Å²) in [6.07, 6.45) is 4.12. The fourth-order valence-corrected chi connectivity index (χ4v) is 2.02. The molecule has 0 aliphatic carbocycles. The molecule has 8 nitrogen and oxygen atoms in total. The number of aromatic nitrogens is 2. The van der Waals surface area contributed by atoms with Gasteiger partial charge < -0.3 is 19.9 Å². The lowest BCUT2D eigenvalue weighted by Crippen LogP contribution is -2.38. The molecule has 0 bridgehead atoms. The van der Waals surface area contributed by atoms with Crippen molar-refractivity contribution in [2.75, 3.05) is 19.6 Å². The van der Waals surface area contributed by atoms with E-state index >= 15 is 0 Å². The molecule has 1 aromatic rings. The lowest BCUT2D eigenvalue weighted by atomic mass is 10.4. The summed E-state index contributed by atoms with van der Waals surface area (Å²) in [5, 5.41) is 11.4. The average Bonchev–Trinajstić information content (AvgIpc) is 3.00. The second-order valence-corrected chi connectivity index (χ2v) is 4.57. The molecule has 1 aliphatic rings. The van der Waals surface area contributed by atoms with Crippen LogP contribution in [0.5, 0.6) is 0 Å². The Kier molecular flexibility index (Phi) is 4.34. The Balaban J connectivity index is 1.70. The van der Waals surface area contributed by atoms with Crippen molar-refractivity contribution in [1.29, 1.82) is 0 Å². The first-order valence-electron chi connectivity index (χ1n) is 6.36. The van der Waals surface area contributed by atoms with E-state index in [1.807, 2.05) is 0 Å². The van der Waals surface area contributed by atoms with Crippen LogP contribution in [0.4, 0.5) is 0 Å². The number of rotatable bonds is 6. The number of imidazole rings is 1. The van der Waals surface area contributed by atoms with E-state index in [2.05, 4.69) is 10.3 Å². The highest BCUT2D eigenvalue weighted by Crippen LogP contribution is 2.08. The number of likely N-dealkylation sites (tertiary alicyclic amines) is 1. The van der Waals surface area contributed by atoms with Gasteiger partial charge in [-0.3, -0.25) is 9.59 Å². The highest BCUT2D eigenvalue weighted by Gasteiger charge is 2.21. The number of nitrogens with one attached hydrogen (secondary N) is 1. The Labute approximate surface area is 115 Å². The van der Waals surface area contributed by atoms with E-state index in [1.54, 1.807) is 4.57 Å². The predicted molar refractivity (Wildman–Crippen MR) is 68.0 cm³/mol. The lowest BCUT2D eigenvalue weighted by molar-refractivity contribution is -0.133. The SMILES string of the molecule is O=C(CN1CCCC1=O)NCCn1cnc(C(=O)O)c1. The molecule has 0 aromatic carbocycles. The first kappa shape index (κ1) is 14.0. The molecule has 0 atom stereocenters. The van der Waals surface area contributed by atoms with Crippen molar-refractivity contribution < 1.29 is 19.5 Å². The molecule has 0 radical (unpaired) electrons. The number of carboxylic acids is 1. The third-order valence-corrected chi connectivity index (χ3v) is 3.05. The fourth-order valence-electron chi connectivity index (χ4n) is 2.02. The van der Waals surface area contributed by atoms with Crippen LogP contribution in [0.2, 0.25) is 0 Å². The molecule has 1 saturated heterocycles. The van der Waals surface area contributed by atoms with Gasteiger partial charge in [-0.1, -0.05) is 0 Å². The van der Waals surface area contributed by atoms with Gasteiger partial charge in [0.1, 0.15) is 0 Å². The molecule has 8 heteroatoms. The van der Waals surface area contributed by atoms with Gasteiger partial charge in [-0.25, -0.2) is 9.78 Å². The van der Waals surface area contributed by atoms with Crippen molar-refractivity contribution in [3.63, 3.8) is 0 Å². The smallest absolute Gasteiger partial charge is 0.356 e. The van der Waals surface area contributed by atoms with Gasteiger partial charge in [0.15, 0.2) is 5.69 Å². The largest absolute Gasteiger partial charge is 0.476 e. The van der Waals surface area contributed by atoms with Gasteiger partial charge in [-0.05, 0) is 6.42 Å². The summed E-state index contributed by atoms with van der Waals surface area (Å²) in [6.45, 7) is 1.51. The van der Waals surface area contributed by atoms with Crippen LogP contribution < -0.4 is 5.32 Å². The normalized spacial score (nSPS) is 14.6. The van der Waals surface area contributed by atoms with Gasteiger partial charge in [0.2, 0.25) is 11.8 Å². The first-order chi connectivity index (χ1) is 9.56. The quantitative estimate of drug-likeness (QED) is 0.718. The highest BCUT2D eigenvalue weighted by atomic mass is 16.4. The molecule has 2 amide bonds. The van der Waals surface area contributed by atoms with Crippen LogP contribution in [-0.2, 0) is 16.1 Å². The molecule has 1 aromatic heterocycles. The van der Waals surface area contributed by atoms with Gasteiger partial charge >= 0.3 is 5.97 Å². The van der Waals surface area contributed by atoms with E-state index in [4.69, 9.17) is 5.11 Å². The van der Waals surface area contributed by atoms with Crippen molar-refractivity contribution in [3.8, 4) is 0 Å². The lowest BCUT2D eigenvalue weighted by Gasteiger charge is -2.14.